The minimum absolute atomic E-state index is 0.00985. The van der Waals surface area contributed by atoms with Crippen molar-refractivity contribution in [1.82, 2.24) is 4.98 Å². The predicted molar refractivity (Wildman–Crippen MR) is 77.9 cm³/mol. The summed E-state index contributed by atoms with van der Waals surface area (Å²) in [4.78, 5) is 3.46. The van der Waals surface area contributed by atoms with Crippen molar-refractivity contribution < 1.29 is 17.9 Å². The SMILES string of the molecule is CCCc1cc2c(OCOC)c(S(C)(=O)=O)ccc2[nH]1. The van der Waals surface area contributed by atoms with Gasteiger partial charge >= 0.3 is 0 Å². The lowest BCUT2D eigenvalue weighted by molar-refractivity contribution is 0.0502. The van der Waals surface area contributed by atoms with Crippen LogP contribution in [-0.2, 0) is 21.0 Å². The van der Waals surface area contributed by atoms with E-state index in [2.05, 4.69) is 11.9 Å². The molecule has 0 aliphatic carbocycles. The van der Waals surface area contributed by atoms with Crippen LogP contribution in [0.1, 0.15) is 19.0 Å². The predicted octanol–water partition coefficient (Wildman–Crippen LogP) is 2.51. The molecular formula is C14H19NO4S. The van der Waals surface area contributed by atoms with Gasteiger partial charge in [0.1, 0.15) is 4.90 Å². The molecule has 110 valence electrons. The Kier molecular flexibility index (Phi) is 4.35. The number of aryl methyl sites for hydroxylation is 1. The average molecular weight is 297 g/mol. The highest BCUT2D eigenvalue weighted by Crippen LogP contribution is 2.33. The third kappa shape index (κ3) is 2.96. The number of benzene rings is 1. The maximum Gasteiger partial charge on any atom is 0.188 e. The summed E-state index contributed by atoms with van der Waals surface area (Å²) in [6.45, 7) is 2.10. The van der Waals surface area contributed by atoms with Gasteiger partial charge in [0.05, 0.1) is 0 Å². The van der Waals surface area contributed by atoms with E-state index in [4.69, 9.17) is 9.47 Å². The molecule has 0 fully saturated rings. The number of fused-ring (bicyclic) bond motifs is 1. The highest BCUT2D eigenvalue weighted by molar-refractivity contribution is 7.90. The first-order chi connectivity index (χ1) is 9.47. The fourth-order valence-corrected chi connectivity index (χ4v) is 3.00. The van der Waals surface area contributed by atoms with E-state index in [-0.39, 0.29) is 11.7 Å². The van der Waals surface area contributed by atoms with Crippen LogP contribution in [0.3, 0.4) is 0 Å². The van der Waals surface area contributed by atoms with Crippen molar-refractivity contribution >= 4 is 20.7 Å². The van der Waals surface area contributed by atoms with Crippen molar-refractivity contribution in [3.63, 3.8) is 0 Å². The summed E-state index contributed by atoms with van der Waals surface area (Å²) in [6, 6.07) is 5.28. The first-order valence-corrected chi connectivity index (χ1v) is 8.33. The Hall–Kier alpha value is -1.53. The number of methoxy groups -OCH3 is 1. The van der Waals surface area contributed by atoms with E-state index in [1.54, 1.807) is 12.1 Å². The molecule has 20 heavy (non-hydrogen) atoms. The van der Waals surface area contributed by atoms with E-state index in [1.807, 2.05) is 6.07 Å². The zero-order valence-corrected chi connectivity index (χ0v) is 12.7. The van der Waals surface area contributed by atoms with Crippen LogP contribution >= 0.6 is 0 Å². The molecule has 6 heteroatoms. The van der Waals surface area contributed by atoms with Crippen LogP contribution in [0, 0.1) is 0 Å². The third-order valence-corrected chi connectivity index (χ3v) is 4.13. The summed E-state index contributed by atoms with van der Waals surface area (Å²) in [5.41, 5.74) is 1.93. The van der Waals surface area contributed by atoms with Gasteiger partial charge in [0, 0.05) is 30.0 Å². The molecule has 0 spiro atoms. The number of aromatic nitrogens is 1. The van der Waals surface area contributed by atoms with Gasteiger partial charge in [0.15, 0.2) is 22.4 Å². The summed E-state index contributed by atoms with van der Waals surface area (Å²) in [5.74, 6) is 0.352. The molecule has 2 aromatic rings. The summed E-state index contributed by atoms with van der Waals surface area (Å²) < 4.78 is 34.1. The minimum atomic E-state index is -3.35. The van der Waals surface area contributed by atoms with Crippen molar-refractivity contribution in [1.29, 1.82) is 0 Å². The minimum Gasteiger partial charge on any atom is -0.465 e. The molecule has 0 atom stereocenters. The number of aromatic amines is 1. The molecule has 0 saturated carbocycles. The van der Waals surface area contributed by atoms with E-state index in [9.17, 15) is 8.42 Å². The van der Waals surface area contributed by atoms with E-state index < -0.39 is 9.84 Å². The first kappa shape index (κ1) is 14.9. The number of hydrogen-bond acceptors (Lipinski definition) is 4. The Labute approximate surface area is 118 Å². The summed E-state index contributed by atoms with van der Waals surface area (Å²) in [7, 11) is -1.85. The number of ether oxygens (including phenoxy) is 2. The van der Waals surface area contributed by atoms with Gasteiger partial charge in [-0.3, -0.25) is 0 Å². The van der Waals surface area contributed by atoms with Crippen molar-refractivity contribution in [2.75, 3.05) is 20.2 Å². The molecule has 0 saturated heterocycles. The fourth-order valence-electron chi connectivity index (χ4n) is 2.18. The topological polar surface area (TPSA) is 68.4 Å². The standard InChI is InChI=1S/C14H19NO4S/c1-4-5-10-8-11-12(15-10)6-7-13(20(3,16)17)14(11)19-9-18-2/h6-8,15H,4-5,9H2,1-3H3. The molecule has 1 aromatic heterocycles. The van der Waals surface area contributed by atoms with Gasteiger partial charge in [-0.25, -0.2) is 8.42 Å². The van der Waals surface area contributed by atoms with Gasteiger partial charge < -0.3 is 14.5 Å². The lowest BCUT2D eigenvalue weighted by Crippen LogP contribution is -2.05. The summed E-state index contributed by atoms with van der Waals surface area (Å²) in [6.07, 6.45) is 3.10. The third-order valence-electron chi connectivity index (χ3n) is 3.01. The number of rotatable bonds is 6. The highest BCUT2D eigenvalue weighted by atomic mass is 32.2. The Morgan fingerprint density at radius 2 is 2.05 bits per heavy atom. The maximum atomic E-state index is 11.9. The number of nitrogens with one attached hydrogen (secondary N) is 1. The van der Waals surface area contributed by atoms with E-state index in [1.165, 1.54) is 13.4 Å². The summed E-state index contributed by atoms with van der Waals surface area (Å²) in [5, 5.41) is 0.772. The molecule has 0 unspecified atom stereocenters. The molecule has 0 aliphatic rings. The van der Waals surface area contributed by atoms with Crippen molar-refractivity contribution in [3.05, 3.63) is 23.9 Å². The van der Waals surface area contributed by atoms with Crippen LogP contribution in [0.15, 0.2) is 23.1 Å². The number of H-pyrrole nitrogens is 1. The molecular weight excluding hydrogens is 278 g/mol. The van der Waals surface area contributed by atoms with Gasteiger partial charge in [-0.15, -0.1) is 0 Å². The Bertz CT molecular complexity index is 703. The second-order valence-electron chi connectivity index (χ2n) is 4.72. The van der Waals surface area contributed by atoms with Crippen LogP contribution in [0.5, 0.6) is 5.75 Å². The lowest BCUT2D eigenvalue weighted by Gasteiger charge is -2.10. The van der Waals surface area contributed by atoms with Crippen molar-refractivity contribution in [2.45, 2.75) is 24.7 Å². The lowest BCUT2D eigenvalue weighted by atomic mass is 10.2. The molecule has 0 radical (unpaired) electrons. The quantitative estimate of drug-likeness (QED) is 0.832. The fraction of sp³-hybridized carbons (Fsp3) is 0.429. The van der Waals surface area contributed by atoms with Crippen molar-refractivity contribution in [2.24, 2.45) is 0 Å². The van der Waals surface area contributed by atoms with Gasteiger partial charge in [-0.2, -0.15) is 0 Å². The Balaban J connectivity index is 2.62. The molecule has 0 bridgehead atoms. The highest BCUT2D eigenvalue weighted by Gasteiger charge is 2.19. The maximum absolute atomic E-state index is 11.9. The summed E-state index contributed by atoms with van der Waals surface area (Å²) >= 11 is 0. The van der Waals surface area contributed by atoms with Crippen LogP contribution in [0.25, 0.3) is 10.9 Å². The van der Waals surface area contributed by atoms with Gasteiger partial charge in [-0.05, 0) is 24.6 Å². The first-order valence-electron chi connectivity index (χ1n) is 6.43. The molecule has 0 amide bonds. The average Bonchev–Trinajstić information content (AvgIpc) is 2.77. The zero-order chi connectivity index (χ0) is 14.8. The molecule has 1 aromatic carbocycles. The Morgan fingerprint density at radius 1 is 1.30 bits per heavy atom. The molecule has 0 aliphatic heterocycles. The monoisotopic (exact) mass is 297 g/mol. The van der Waals surface area contributed by atoms with Gasteiger partial charge in [-0.1, -0.05) is 13.3 Å². The smallest absolute Gasteiger partial charge is 0.188 e. The van der Waals surface area contributed by atoms with E-state index in [0.29, 0.717) is 5.75 Å². The van der Waals surface area contributed by atoms with Crippen LogP contribution in [-0.4, -0.2) is 33.6 Å². The number of sulfone groups is 1. The van der Waals surface area contributed by atoms with Crippen LogP contribution in [0.4, 0.5) is 0 Å². The molecule has 1 heterocycles. The van der Waals surface area contributed by atoms with Crippen molar-refractivity contribution in [3.8, 4) is 5.75 Å². The van der Waals surface area contributed by atoms with E-state index in [0.717, 1.165) is 29.4 Å². The largest absolute Gasteiger partial charge is 0.465 e. The Morgan fingerprint density at radius 3 is 2.65 bits per heavy atom. The van der Waals surface area contributed by atoms with E-state index >= 15 is 0 Å². The molecule has 1 N–H and O–H groups in total. The molecule has 2 rings (SSSR count). The second-order valence-corrected chi connectivity index (χ2v) is 6.71. The van der Waals surface area contributed by atoms with Gasteiger partial charge in [0.25, 0.3) is 0 Å². The van der Waals surface area contributed by atoms with Crippen LogP contribution < -0.4 is 4.74 Å². The number of hydrogen-bond donors (Lipinski definition) is 1. The molecule has 5 nitrogen and oxygen atoms in total. The van der Waals surface area contributed by atoms with Crippen LogP contribution in [0.2, 0.25) is 0 Å². The zero-order valence-electron chi connectivity index (χ0n) is 11.9. The normalized spacial score (nSPS) is 11.9. The second kappa shape index (κ2) is 5.85. The van der Waals surface area contributed by atoms with Gasteiger partial charge in [0.2, 0.25) is 0 Å².